The summed E-state index contributed by atoms with van der Waals surface area (Å²) in [5.41, 5.74) is -0.483. The van der Waals surface area contributed by atoms with Crippen LogP contribution in [0.4, 0.5) is 14.9 Å². The van der Waals surface area contributed by atoms with Crippen LogP contribution in [0.3, 0.4) is 0 Å². The molecule has 1 saturated heterocycles. The zero-order valence-corrected chi connectivity index (χ0v) is 20.9. The van der Waals surface area contributed by atoms with E-state index in [-0.39, 0.29) is 23.1 Å². The quantitative estimate of drug-likeness (QED) is 0.389. The van der Waals surface area contributed by atoms with Crippen LogP contribution in [0.2, 0.25) is 0 Å². The predicted octanol–water partition coefficient (Wildman–Crippen LogP) is 3.80. The van der Waals surface area contributed by atoms with E-state index in [0.717, 1.165) is 4.31 Å². The molecule has 1 unspecified atom stereocenters. The number of rotatable bonds is 5. The summed E-state index contributed by atoms with van der Waals surface area (Å²) in [5, 5.41) is 10.8. The van der Waals surface area contributed by atoms with E-state index in [1.54, 1.807) is 34.6 Å². The average Bonchev–Trinajstić information content (AvgIpc) is 2.60. The maximum absolute atomic E-state index is 13.4. The molecule has 1 fully saturated rings. The molecule has 1 aliphatic heterocycles. The van der Waals surface area contributed by atoms with E-state index in [0.29, 0.717) is 5.69 Å². The molecule has 32 heavy (non-hydrogen) atoms. The van der Waals surface area contributed by atoms with E-state index < -0.39 is 51.5 Å². The number of halogens is 2. The minimum absolute atomic E-state index is 0.176. The van der Waals surface area contributed by atoms with Crippen LogP contribution in [0.15, 0.2) is 22.7 Å². The first-order valence-corrected chi connectivity index (χ1v) is 12.2. The molecule has 1 amide bonds. The normalized spacial score (nSPS) is 22.2. The lowest BCUT2D eigenvalue weighted by atomic mass is 9.85. The minimum atomic E-state index is -4.19. The van der Waals surface area contributed by atoms with Crippen molar-refractivity contribution in [2.75, 3.05) is 5.32 Å². The number of anilines is 1. The van der Waals surface area contributed by atoms with Crippen LogP contribution in [0.1, 0.15) is 47.5 Å². The third-order valence-electron chi connectivity index (χ3n) is 4.81. The van der Waals surface area contributed by atoms with Gasteiger partial charge in [-0.3, -0.25) is 10.2 Å². The van der Waals surface area contributed by atoms with Crippen LogP contribution in [-0.2, 0) is 19.7 Å². The Balaban J connectivity index is 2.06. The highest BCUT2D eigenvalue weighted by Crippen LogP contribution is 2.31. The summed E-state index contributed by atoms with van der Waals surface area (Å²) < 4.78 is 47.2. The van der Waals surface area contributed by atoms with Gasteiger partial charge in [0.15, 0.2) is 5.84 Å². The van der Waals surface area contributed by atoms with Gasteiger partial charge in [0.05, 0.1) is 4.47 Å². The molecule has 0 bridgehead atoms. The van der Waals surface area contributed by atoms with Gasteiger partial charge in [-0.05, 0) is 81.6 Å². The van der Waals surface area contributed by atoms with Gasteiger partial charge in [-0.15, -0.1) is 0 Å². The first kappa shape index (κ1) is 26.2. The average molecular weight is 535 g/mol. The number of ether oxygens (including phenoxy) is 1. The largest absolute Gasteiger partial charge is 0.443 e. The Kier molecular flexibility index (Phi) is 8.05. The number of ketones is 1. The number of Topliss-reactive ketones (excluding diaryl/α,β-unsaturated/α-hetero) is 1. The van der Waals surface area contributed by atoms with Crippen LogP contribution in [0.5, 0.6) is 0 Å². The third-order valence-corrected chi connectivity index (χ3v) is 7.12. The lowest BCUT2D eigenvalue weighted by Gasteiger charge is -2.40. The van der Waals surface area contributed by atoms with E-state index in [4.69, 9.17) is 10.1 Å². The Morgan fingerprint density at radius 3 is 2.28 bits per heavy atom. The summed E-state index contributed by atoms with van der Waals surface area (Å²) >= 11 is 3.05. The SMILES string of the molecule is C[C@@H]1CC(C(=O)C(=N)Nc2ccc(F)c(Br)c2)C[C@H](C)N1S(=O)(=O)NC(=O)OC(C)(C)C. The van der Waals surface area contributed by atoms with E-state index in [2.05, 4.69) is 21.2 Å². The highest BCUT2D eigenvalue weighted by atomic mass is 79.9. The molecule has 0 spiro atoms. The number of amidine groups is 1. The molecule has 0 saturated carbocycles. The topological polar surface area (TPSA) is 129 Å². The second-order valence-electron chi connectivity index (χ2n) is 8.80. The number of nitrogens with one attached hydrogen (secondary N) is 3. The fourth-order valence-corrected chi connectivity index (χ4v) is 5.55. The number of amides is 1. The number of carbonyl (C=O) groups excluding carboxylic acids is 2. The molecule has 3 N–H and O–H groups in total. The molecule has 0 radical (unpaired) electrons. The van der Waals surface area contributed by atoms with E-state index in [1.807, 2.05) is 4.72 Å². The maximum atomic E-state index is 13.4. The summed E-state index contributed by atoms with van der Waals surface area (Å²) in [7, 11) is -4.19. The molecule has 1 aliphatic rings. The minimum Gasteiger partial charge on any atom is -0.443 e. The van der Waals surface area contributed by atoms with E-state index in [1.165, 1.54) is 18.2 Å². The molecule has 1 aromatic rings. The van der Waals surface area contributed by atoms with Gasteiger partial charge >= 0.3 is 16.3 Å². The first-order valence-electron chi connectivity index (χ1n) is 10.00. The summed E-state index contributed by atoms with van der Waals surface area (Å²) in [6.07, 6.45) is -0.725. The lowest BCUT2D eigenvalue weighted by Crippen LogP contribution is -2.56. The standard InChI is InChI=1S/C20H28BrFN4O5S/c1-11-8-13(17(27)18(23)24-14-6-7-16(22)15(21)10-14)9-12(2)26(11)32(29,30)25-19(28)31-20(3,4)5/h6-7,10-13H,8-9H2,1-5H3,(H2,23,24)(H,25,28)/t11-,12+,13?. The van der Waals surface area contributed by atoms with Crippen molar-refractivity contribution in [1.29, 1.82) is 5.41 Å². The third kappa shape index (κ3) is 6.72. The van der Waals surface area contributed by atoms with Crippen LogP contribution < -0.4 is 10.0 Å². The van der Waals surface area contributed by atoms with Crippen LogP contribution in [-0.4, -0.2) is 48.1 Å². The van der Waals surface area contributed by atoms with Crippen molar-refractivity contribution in [3.8, 4) is 0 Å². The van der Waals surface area contributed by atoms with Crippen LogP contribution in [0, 0.1) is 17.1 Å². The van der Waals surface area contributed by atoms with Gasteiger partial charge in [0.25, 0.3) is 0 Å². The summed E-state index contributed by atoms with van der Waals surface area (Å²) in [4.78, 5) is 24.8. The Morgan fingerprint density at radius 2 is 1.78 bits per heavy atom. The molecule has 178 valence electrons. The summed E-state index contributed by atoms with van der Waals surface area (Å²) in [6, 6.07) is 2.83. The monoisotopic (exact) mass is 534 g/mol. The van der Waals surface area contributed by atoms with Crippen molar-refractivity contribution in [1.82, 2.24) is 9.03 Å². The van der Waals surface area contributed by atoms with Gasteiger partial charge < -0.3 is 10.1 Å². The Labute approximate surface area is 195 Å². The number of nitrogens with zero attached hydrogens (tertiary/aromatic N) is 1. The Bertz CT molecular complexity index is 1000. The molecule has 1 heterocycles. The van der Waals surface area contributed by atoms with Crippen LogP contribution >= 0.6 is 15.9 Å². The molecule has 1 aromatic carbocycles. The van der Waals surface area contributed by atoms with Crippen LogP contribution in [0.25, 0.3) is 0 Å². The number of hydrogen-bond donors (Lipinski definition) is 3. The molecule has 0 aromatic heterocycles. The van der Waals surface area contributed by atoms with Gasteiger partial charge in [-0.1, -0.05) is 0 Å². The maximum Gasteiger partial charge on any atom is 0.422 e. The van der Waals surface area contributed by atoms with E-state index >= 15 is 0 Å². The molecule has 3 atom stereocenters. The Morgan fingerprint density at radius 1 is 1.22 bits per heavy atom. The molecule has 9 nitrogen and oxygen atoms in total. The smallest absolute Gasteiger partial charge is 0.422 e. The second-order valence-corrected chi connectivity index (χ2v) is 11.2. The van der Waals surface area contributed by atoms with Gasteiger partial charge in [-0.2, -0.15) is 12.7 Å². The molecule has 12 heteroatoms. The van der Waals surface area contributed by atoms with Gasteiger partial charge in [-0.25, -0.2) is 13.9 Å². The van der Waals surface area contributed by atoms with Crippen molar-refractivity contribution in [2.24, 2.45) is 5.92 Å². The number of piperidine rings is 1. The summed E-state index contributed by atoms with van der Waals surface area (Å²) in [6.45, 7) is 8.14. The highest BCUT2D eigenvalue weighted by molar-refractivity contribution is 9.10. The number of benzene rings is 1. The number of hydrogen-bond acceptors (Lipinski definition) is 6. The predicted molar refractivity (Wildman–Crippen MR) is 122 cm³/mol. The second kappa shape index (κ2) is 9.84. The molecule has 2 rings (SSSR count). The summed E-state index contributed by atoms with van der Waals surface area (Å²) in [5.74, 6) is -1.89. The fraction of sp³-hybridized carbons (Fsp3) is 0.550. The van der Waals surface area contributed by atoms with E-state index in [9.17, 15) is 22.4 Å². The molecular weight excluding hydrogens is 507 g/mol. The highest BCUT2D eigenvalue weighted by Gasteiger charge is 2.42. The number of carbonyl (C=O) groups is 2. The van der Waals surface area contributed by atoms with Gasteiger partial charge in [0, 0.05) is 23.7 Å². The van der Waals surface area contributed by atoms with Crippen molar-refractivity contribution < 1.29 is 27.1 Å². The van der Waals surface area contributed by atoms with Gasteiger partial charge in [0.1, 0.15) is 11.4 Å². The van der Waals surface area contributed by atoms with Crippen molar-refractivity contribution in [3.63, 3.8) is 0 Å². The van der Waals surface area contributed by atoms with Gasteiger partial charge in [0.2, 0.25) is 5.78 Å². The Hall–Kier alpha value is -2.05. The fourth-order valence-electron chi connectivity index (χ4n) is 3.69. The van der Waals surface area contributed by atoms with Crippen molar-refractivity contribution >= 4 is 49.5 Å². The molecular formula is C20H28BrFN4O5S. The lowest BCUT2D eigenvalue weighted by molar-refractivity contribution is -0.118. The molecule has 0 aliphatic carbocycles. The zero-order chi connectivity index (χ0) is 24.4. The first-order chi connectivity index (χ1) is 14.6. The van der Waals surface area contributed by atoms with Crippen molar-refractivity contribution in [3.05, 3.63) is 28.5 Å². The van der Waals surface area contributed by atoms with Crippen molar-refractivity contribution in [2.45, 2.75) is 65.1 Å². The zero-order valence-electron chi connectivity index (χ0n) is 18.5.